The maximum atomic E-state index is 12.6. The average molecular weight is 416 g/mol. The number of piperazine rings is 1. The molecule has 0 bridgehead atoms. The van der Waals surface area contributed by atoms with E-state index >= 15 is 0 Å². The van der Waals surface area contributed by atoms with Crippen molar-refractivity contribution >= 4 is 41.1 Å². The van der Waals surface area contributed by atoms with Crippen molar-refractivity contribution < 1.29 is 19.1 Å². The molecule has 0 saturated carbocycles. The smallest absolute Gasteiger partial charge is 0.408 e. The zero-order valence-corrected chi connectivity index (χ0v) is 17.1. The topological polar surface area (TPSA) is 79.0 Å². The van der Waals surface area contributed by atoms with Crippen molar-refractivity contribution in [1.29, 1.82) is 0 Å². The van der Waals surface area contributed by atoms with Crippen LogP contribution in [-0.4, -0.2) is 66.0 Å². The van der Waals surface area contributed by atoms with Crippen molar-refractivity contribution in [3.05, 3.63) is 33.8 Å². The minimum absolute atomic E-state index is 0.147. The Bertz CT molecular complexity index is 726. The second kappa shape index (κ2) is 8.80. The van der Waals surface area contributed by atoms with Gasteiger partial charge in [0.15, 0.2) is 0 Å². The molecule has 1 aliphatic heterocycles. The molecule has 27 heavy (non-hydrogen) atoms. The number of hydrogen-bond donors (Lipinski definition) is 1. The number of carbonyl (C=O) groups excluding carboxylic acids is 3. The van der Waals surface area contributed by atoms with E-state index in [2.05, 4.69) is 5.32 Å². The highest BCUT2D eigenvalue weighted by Crippen LogP contribution is 2.22. The first kappa shape index (κ1) is 21.3. The van der Waals surface area contributed by atoms with E-state index in [9.17, 15) is 14.4 Å². The summed E-state index contributed by atoms with van der Waals surface area (Å²) in [5.41, 5.74) is -0.241. The van der Waals surface area contributed by atoms with E-state index in [1.807, 2.05) is 0 Å². The molecule has 0 spiro atoms. The maximum absolute atomic E-state index is 12.6. The number of carbonyl (C=O) groups is 3. The number of ether oxygens (including phenoxy) is 1. The number of benzene rings is 1. The fourth-order valence-corrected chi connectivity index (χ4v) is 3.06. The molecule has 1 saturated heterocycles. The number of amides is 3. The van der Waals surface area contributed by atoms with Gasteiger partial charge in [-0.05, 0) is 39.0 Å². The molecule has 0 aromatic heterocycles. The van der Waals surface area contributed by atoms with Crippen molar-refractivity contribution in [3.8, 4) is 0 Å². The molecule has 1 N–H and O–H groups in total. The number of nitrogens with one attached hydrogen (secondary N) is 1. The van der Waals surface area contributed by atoms with Gasteiger partial charge < -0.3 is 19.9 Å². The molecule has 9 heteroatoms. The summed E-state index contributed by atoms with van der Waals surface area (Å²) >= 11 is 11.9. The first-order valence-corrected chi connectivity index (χ1v) is 9.31. The molecule has 0 unspecified atom stereocenters. The van der Waals surface area contributed by atoms with Crippen LogP contribution >= 0.6 is 23.2 Å². The van der Waals surface area contributed by atoms with Crippen molar-refractivity contribution in [1.82, 2.24) is 15.1 Å². The zero-order chi connectivity index (χ0) is 20.2. The molecule has 3 amide bonds. The van der Waals surface area contributed by atoms with Gasteiger partial charge in [-0.1, -0.05) is 23.2 Å². The van der Waals surface area contributed by atoms with Gasteiger partial charge in [0.2, 0.25) is 5.91 Å². The predicted molar refractivity (Wildman–Crippen MR) is 103 cm³/mol. The Hall–Kier alpha value is -1.99. The lowest BCUT2D eigenvalue weighted by molar-refractivity contribution is -0.131. The van der Waals surface area contributed by atoms with Crippen molar-refractivity contribution in [2.45, 2.75) is 26.4 Å². The molecule has 0 aliphatic carbocycles. The highest BCUT2D eigenvalue weighted by molar-refractivity contribution is 6.36. The molecule has 1 fully saturated rings. The number of nitrogens with zero attached hydrogens (tertiary/aromatic N) is 2. The third-order valence-electron chi connectivity index (χ3n) is 3.86. The van der Waals surface area contributed by atoms with Crippen LogP contribution in [-0.2, 0) is 9.53 Å². The van der Waals surface area contributed by atoms with Gasteiger partial charge in [-0.15, -0.1) is 0 Å². The average Bonchev–Trinajstić information content (AvgIpc) is 2.58. The molecular weight excluding hydrogens is 393 g/mol. The van der Waals surface area contributed by atoms with Gasteiger partial charge >= 0.3 is 6.09 Å². The summed E-state index contributed by atoms with van der Waals surface area (Å²) in [5.74, 6) is -0.423. The summed E-state index contributed by atoms with van der Waals surface area (Å²) in [6.45, 7) is 6.63. The van der Waals surface area contributed by atoms with Crippen LogP contribution in [0.4, 0.5) is 4.79 Å². The van der Waals surface area contributed by atoms with E-state index in [0.717, 1.165) is 0 Å². The summed E-state index contributed by atoms with van der Waals surface area (Å²) in [4.78, 5) is 39.7. The Morgan fingerprint density at radius 1 is 1.07 bits per heavy atom. The highest BCUT2D eigenvalue weighted by Gasteiger charge is 2.26. The minimum Gasteiger partial charge on any atom is -0.444 e. The first-order chi connectivity index (χ1) is 12.6. The summed E-state index contributed by atoms with van der Waals surface area (Å²) in [6.07, 6.45) is -0.637. The Morgan fingerprint density at radius 2 is 1.67 bits per heavy atom. The Morgan fingerprint density at radius 3 is 2.22 bits per heavy atom. The van der Waals surface area contributed by atoms with Crippen molar-refractivity contribution in [3.63, 3.8) is 0 Å². The SMILES string of the molecule is CC(C)(C)OC(=O)NCC(=O)N1CCN(C(=O)c2ccc(Cl)cc2Cl)CC1. The molecule has 1 aromatic rings. The monoisotopic (exact) mass is 415 g/mol. The minimum atomic E-state index is -0.637. The third-order valence-corrected chi connectivity index (χ3v) is 4.41. The zero-order valence-electron chi connectivity index (χ0n) is 15.6. The van der Waals surface area contributed by atoms with Gasteiger partial charge in [0, 0.05) is 31.2 Å². The van der Waals surface area contributed by atoms with Crippen LogP contribution in [0.25, 0.3) is 0 Å². The predicted octanol–water partition coefficient (Wildman–Crippen LogP) is 2.80. The fourth-order valence-electron chi connectivity index (χ4n) is 2.57. The van der Waals surface area contributed by atoms with E-state index in [0.29, 0.717) is 41.8 Å². The lowest BCUT2D eigenvalue weighted by Gasteiger charge is -2.35. The summed E-state index contributed by atoms with van der Waals surface area (Å²) < 4.78 is 5.10. The van der Waals surface area contributed by atoms with E-state index in [-0.39, 0.29) is 18.4 Å². The number of rotatable bonds is 3. The fraction of sp³-hybridized carbons (Fsp3) is 0.500. The molecule has 1 aromatic carbocycles. The van der Waals surface area contributed by atoms with Gasteiger partial charge in [0.1, 0.15) is 12.1 Å². The third kappa shape index (κ3) is 6.29. The van der Waals surface area contributed by atoms with Crippen LogP contribution in [0.2, 0.25) is 10.0 Å². The van der Waals surface area contributed by atoms with Crippen LogP contribution in [0.3, 0.4) is 0 Å². The van der Waals surface area contributed by atoms with Gasteiger partial charge in [0.25, 0.3) is 5.91 Å². The van der Waals surface area contributed by atoms with Crippen LogP contribution < -0.4 is 5.32 Å². The molecule has 148 valence electrons. The van der Waals surface area contributed by atoms with Crippen LogP contribution in [0.1, 0.15) is 31.1 Å². The summed E-state index contributed by atoms with van der Waals surface area (Å²) in [6, 6.07) is 4.73. The quantitative estimate of drug-likeness (QED) is 0.822. The summed E-state index contributed by atoms with van der Waals surface area (Å²) in [7, 11) is 0. The number of hydrogen-bond acceptors (Lipinski definition) is 4. The van der Waals surface area contributed by atoms with Gasteiger partial charge in [-0.25, -0.2) is 4.79 Å². The first-order valence-electron chi connectivity index (χ1n) is 8.56. The molecule has 1 aliphatic rings. The molecular formula is C18H23Cl2N3O4. The molecule has 0 radical (unpaired) electrons. The van der Waals surface area contributed by atoms with Gasteiger partial charge in [0.05, 0.1) is 10.6 Å². The van der Waals surface area contributed by atoms with E-state index in [1.165, 1.54) is 6.07 Å². The van der Waals surface area contributed by atoms with Gasteiger partial charge in [-0.3, -0.25) is 9.59 Å². The second-order valence-electron chi connectivity index (χ2n) is 7.15. The summed E-state index contributed by atoms with van der Waals surface area (Å²) in [5, 5.41) is 3.21. The van der Waals surface area contributed by atoms with Crippen LogP contribution in [0.5, 0.6) is 0 Å². The molecule has 7 nitrogen and oxygen atoms in total. The Kier molecular flexibility index (Phi) is 6.95. The number of halogens is 2. The van der Waals surface area contributed by atoms with Gasteiger partial charge in [-0.2, -0.15) is 0 Å². The van der Waals surface area contributed by atoms with E-state index in [1.54, 1.807) is 42.7 Å². The largest absolute Gasteiger partial charge is 0.444 e. The second-order valence-corrected chi connectivity index (χ2v) is 8.00. The van der Waals surface area contributed by atoms with E-state index < -0.39 is 11.7 Å². The number of alkyl carbamates (subject to hydrolysis) is 1. The lowest BCUT2D eigenvalue weighted by Crippen LogP contribution is -2.52. The molecule has 0 atom stereocenters. The van der Waals surface area contributed by atoms with Crippen molar-refractivity contribution in [2.24, 2.45) is 0 Å². The van der Waals surface area contributed by atoms with Crippen LogP contribution in [0, 0.1) is 0 Å². The Labute approximate surface area is 168 Å². The van der Waals surface area contributed by atoms with Crippen molar-refractivity contribution in [2.75, 3.05) is 32.7 Å². The molecule has 1 heterocycles. The normalized spacial score (nSPS) is 14.7. The maximum Gasteiger partial charge on any atom is 0.408 e. The standard InChI is InChI=1S/C18H23Cl2N3O4/c1-18(2,3)27-17(26)21-11-15(24)22-6-8-23(9-7-22)16(25)13-5-4-12(19)10-14(13)20/h4-5,10H,6-9,11H2,1-3H3,(H,21,26). The van der Waals surface area contributed by atoms with E-state index in [4.69, 9.17) is 27.9 Å². The Balaban J connectivity index is 1.83. The van der Waals surface area contributed by atoms with Crippen LogP contribution in [0.15, 0.2) is 18.2 Å². The molecule has 2 rings (SSSR count). The lowest BCUT2D eigenvalue weighted by atomic mass is 10.1. The highest BCUT2D eigenvalue weighted by atomic mass is 35.5.